The van der Waals surface area contributed by atoms with Crippen molar-refractivity contribution in [3.05, 3.63) is 44.7 Å². The van der Waals surface area contributed by atoms with Gasteiger partial charge in [-0.2, -0.15) is 0 Å². The summed E-state index contributed by atoms with van der Waals surface area (Å²) in [5.41, 5.74) is 0. The van der Waals surface area contributed by atoms with Crippen LogP contribution in [0.3, 0.4) is 0 Å². The van der Waals surface area contributed by atoms with Crippen LogP contribution in [0.4, 0.5) is 5.82 Å². The molecule has 0 aromatic carbocycles. The van der Waals surface area contributed by atoms with Crippen LogP contribution < -0.4 is 0 Å². The van der Waals surface area contributed by atoms with Crippen LogP contribution in [-0.4, -0.2) is 24.7 Å². The molecule has 0 bridgehead atoms. The van der Waals surface area contributed by atoms with E-state index in [1.54, 1.807) is 30.5 Å². The maximum atomic E-state index is 10.7. The number of aromatic nitrogens is 4. The first kappa shape index (κ1) is 13.6. The third-order valence-corrected chi connectivity index (χ3v) is 4.66. The number of imidazole rings is 1. The van der Waals surface area contributed by atoms with Crippen LogP contribution in [0.15, 0.2) is 23.7 Å². The fraction of sp³-hybridized carbons (Fsp3) is 0.0833. The van der Waals surface area contributed by atoms with Crippen LogP contribution in [0.25, 0.3) is 22.0 Å². The molecule has 0 aliphatic rings. The zero-order valence-electron chi connectivity index (χ0n) is 10.8. The molecule has 3 aromatic heterocycles. The van der Waals surface area contributed by atoms with Gasteiger partial charge in [0.15, 0.2) is 5.01 Å². The topological polar surface area (TPSA) is 86.7 Å². The molecule has 0 fully saturated rings. The Morgan fingerprint density at radius 3 is 2.90 bits per heavy atom. The average Bonchev–Trinajstić information content (AvgIpc) is 3.17. The summed E-state index contributed by atoms with van der Waals surface area (Å²) in [5, 5.41) is 22.5. The molecular weight excluding hydrogens is 310 g/mol. The first-order valence-electron chi connectivity index (χ1n) is 5.86. The largest absolute Gasteiger partial charge is 0.358 e. The van der Waals surface area contributed by atoms with Crippen molar-refractivity contribution in [3.63, 3.8) is 0 Å². The van der Waals surface area contributed by atoms with Crippen LogP contribution in [0.5, 0.6) is 0 Å². The van der Waals surface area contributed by atoms with Crippen molar-refractivity contribution < 1.29 is 4.92 Å². The Balaban J connectivity index is 1.82. The Kier molecular flexibility index (Phi) is 3.59. The third-order valence-electron chi connectivity index (χ3n) is 2.73. The zero-order valence-corrected chi connectivity index (χ0v) is 12.5. The van der Waals surface area contributed by atoms with Crippen LogP contribution >= 0.6 is 22.7 Å². The summed E-state index contributed by atoms with van der Waals surface area (Å²) in [6.07, 6.45) is 4.67. The Bertz CT molecular complexity index is 804. The van der Waals surface area contributed by atoms with Gasteiger partial charge >= 0.3 is 5.82 Å². The van der Waals surface area contributed by atoms with E-state index >= 15 is 0 Å². The van der Waals surface area contributed by atoms with Gasteiger partial charge in [0.05, 0.1) is 11.9 Å². The van der Waals surface area contributed by atoms with Crippen molar-refractivity contribution >= 4 is 40.6 Å². The van der Waals surface area contributed by atoms with Gasteiger partial charge in [0.2, 0.25) is 5.82 Å². The minimum atomic E-state index is -0.468. The van der Waals surface area contributed by atoms with Gasteiger partial charge in [0, 0.05) is 6.08 Å². The van der Waals surface area contributed by atoms with Crippen molar-refractivity contribution in [1.29, 1.82) is 0 Å². The number of hydrogen-bond acceptors (Lipinski definition) is 7. The molecule has 0 radical (unpaired) electrons. The second-order valence-electron chi connectivity index (χ2n) is 4.05. The maximum absolute atomic E-state index is 10.7. The lowest BCUT2D eigenvalue weighted by molar-refractivity contribution is -0.391. The molecule has 3 aromatic rings. The molecule has 3 heterocycles. The molecule has 0 amide bonds. The van der Waals surface area contributed by atoms with E-state index in [1.807, 2.05) is 17.5 Å². The summed E-state index contributed by atoms with van der Waals surface area (Å²) >= 11 is 3.06. The Morgan fingerprint density at radius 1 is 1.38 bits per heavy atom. The second-order valence-corrected chi connectivity index (χ2v) is 6.00. The van der Waals surface area contributed by atoms with Gasteiger partial charge in [-0.1, -0.05) is 17.4 Å². The first-order chi connectivity index (χ1) is 10.1. The van der Waals surface area contributed by atoms with Crippen LogP contribution in [-0.2, 0) is 7.05 Å². The number of thiophene rings is 1. The fourth-order valence-corrected chi connectivity index (χ4v) is 3.22. The normalized spacial score (nSPS) is 11.3. The molecule has 0 spiro atoms. The van der Waals surface area contributed by atoms with Crippen molar-refractivity contribution in [1.82, 2.24) is 19.7 Å². The van der Waals surface area contributed by atoms with Gasteiger partial charge in [0.25, 0.3) is 0 Å². The molecule has 21 heavy (non-hydrogen) atoms. The van der Waals surface area contributed by atoms with Crippen molar-refractivity contribution in [2.24, 2.45) is 7.05 Å². The average molecular weight is 319 g/mol. The summed E-state index contributed by atoms with van der Waals surface area (Å²) in [6.45, 7) is 0. The van der Waals surface area contributed by atoms with E-state index in [1.165, 1.54) is 22.1 Å². The lowest BCUT2D eigenvalue weighted by Crippen LogP contribution is -1.98. The van der Waals surface area contributed by atoms with E-state index < -0.39 is 4.92 Å². The SMILES string of the molecule is Cn1c([N+](=O)[O-])cnc1C=Cc1nnc(-c2cccs2)s1. The van der Waals surface area contributed by atoms with E-state index in [0.717, 1.165) is 14.9 Å². The van der Waals surface area contributed by atoms with Crippen molar-refractivity contribution in [3.8, 4) is 9.88 Å². The van der Waals surface area contributed by atoms with E-state index in [4.69, 9.17) is 0 Å². The minimum absolute atomic E-state index is 0.0498. The van der Waals surface area contributed by atoms with E-state index in [2.05, 4.69) is 15.2 Å². The Labute approximate surface area is 127 Å². The smallest absolute Gasteiger partial charge is 0.342 e. The highest BCUT2D eigenvalue weighted by Gasteiger charge is 2.14. The second kappa shape index (κ2) is 5.54. The molecule has 0 unspecified atom stereocenters. The lowest BCUT2D eigenvalue weighted by Gasteiger charge is -1.93. The quantitative estimate of drug-likeness (QED) is 0.545. The van der Waals surface area contributed by atoms with E-state index in [9.17, 15) is 10.1 Å². The summed E-state index contributed by atoms with van der Waals surface area (Å²) < 4.78 is 1.41. The molecule has 9 heteroatoms. The summed E-state index contributed by atoms with van der Waals surface area (Å²) in [5.74, 6) is 0.445. The predicted molar refractivity (Wildman–Crippen MR) is 82.0 cm³/mol. The predicted octanol–water partition coefficient (Wildman–Crippen LogP) is 3.08. The van der Waals surface area contributed by atoms with Gasteiger partial charge < -0.3 is 10.1 Å². The molecule has 0 aliphatic carbocycles. The Morgan fingerprint density at radius 2 is 2.24 bits per heavy atom. The van der Waals surface area contributed by atoms with Gasteiger partial charge in [-0.25, -0.2) is 9.55 Å². The fourth-order valence-electron chi connectivity index (χ4n) is 1.69. The molecule has 0 N–H and O–H groups in total. The monoisotopic (exact) mass is 319 g/mol. The molecular formula is C12H9N5O2S2. The van der Waals surface area contributed by atoms with Crippen molar-refractivity contribution in [2.45, 2.75) is 0 Å². The van der Waals surface area contributed by atoms with Crippen LogP contribution in [0, 0.1) is 10.1 Å². The number of hydrogen-bond donors (Lipinski definition) is 0. The number of nitro groups is 1. The minimum Gasteiger partial charge on any atom is -0.358 e. The highest BCUT2D eigenvalue weighted by molar-refractivity contribution is 7.21. The Hall–Kier alpha value is -2.39. The highest BCUT2D eigenvalue weighted by Crippen LogP contribution is 2.28. The van der Waals surface area contributed by atoms with E-state index in [-0.39, 0.29) is 5.82 Å². The molecule has 0 aliphatic heterocycles. The number of rotatable bonds is 4. The third kappa shape index (κ3) is 2.73. The van der Waals surface area contributed by atoms with Crippen LogP contribution in [0.2, 0.25) is 0 Å². The lowest BCUT2D eigenvalue weighted by atomic mass is 10.5. The first-order valence-corrected chi connectivity index (χ1v) is 7.56. The molecule has 0 saturated carbocycles. The standard InChI is InChI=1S/C12H9N5O2S2/c1-16-9(13-7-11(16)17(18)19)4-5-10-14-15-12(21-10)8-3-2-6-20-8/h2-7H,1H3. The number of nitrogens with zero attached hydrogens (tertiary/aromatic N) is 5. The summed E-state index contributed by atoms with van der Waals surface area (Å²) in [6, 6.07) is 3.95. The van der Waals surface area contributed by atoms with Crippen molar-refractivity contribution in [2.75, 3.05) is 0 Å². The zero-order chi connectivity index (χ0) is 14.8. The molecule has 106 valence electrons. The van der Waals surface area contributed by atoms with Crippen LogP contribution in [0.1, 0.15) is 10.8 Å². The van der Waals surface area contributed by atoms with Gasteiger partial charge in [-0.05, 0) is 22.4 Å². The summed E-state index contributed by atoms with van der Waals surface area (Å²) in [4.78, 5) is 15.3. The summed E-state index contributed by atoms with van der Waals surface area (Å²) in [7, 11) is 1.60. The highest BCUT2D eigenvalue weighted by atomic mass is 32.1. The van der Waals surface area contributed by atoms with Gasteiger partial charge in [0.1, 0.15) is 11.2 Å². The molecule has 3 rings (SSSR count). The molecule has 0 saturated heterocycles. The van der Waals surface area contributed by atoms with E-state index in [0.29, 0.717) is 5.82 Å². The van der Waals surface area contributed by atoms with Gasteiger partial charge in [-0.3, -0.25) is 0 Å². The molecule has 7 nitrogen and oxygen atoms in total. The van der Waals surface area contributed by atoms with Gasteiger partial charge in [-0.15, -0.1) is 21.5 Å². The molecule has 0 atom stereocenters. The maximum Gasteiger partial charge on any atom is 0.342 e.